The lowest BCUT2D eigenvalue weighted by atomic mass is 9.76. The number of amides is 1. The monoisotopic (exact) mass is 305 g/mol. The van der Waals surface area contributed by atoms with Gasteiger partial charge in [-0.15, -0.1) is 0 Å². The van der Waals surface area contributed by atoms with Crippen LogP contribution in [0.4, 0.5) is 0 Å². The molecule has 1 saturated heterocycles. The first-order chi connectivity index (χ1) is 10.7. The van der Waals surface area contributed by atoms with E-state index in [4.69, 9.17) is 9.47 Å². The number of carbonyl (C=O) groups excluding carboxylic acids is 1. The molecule has 0 N–H and O–H groups in total. The Bertz CT molecular complexity index is 534. The predicted molar refractivity (Wildman–Crippen MR) is 80.8 cm³/mol. The van der Waals surface area contributed by atoms with Gasteiger partial charge in [0, 0.05) is 38.0 Å². The Morgan fingerprint density at radius 1 is 1.27 bits per heavy atom. The SMILES string of the molecule is COc1ncc(C(=O)N2CCC[C@]3(CCC[C@H]3OC)C2)cn1. The summed E-state index contributed by atoms with van der Waals surface area (Å²) in [6.07, 6.45) is 8.97. The molecule has 2 fully saturated rings. The van der Waals surface area contributed by atoms with E-state index in [9.17, 15) is 4.79 Å². The Hall–Kier alpha value is -1.69. The fourth-order valence-corrected chi connectivity index (χ4v) is 3.99. The van der Waals surface area contributed by atoms with Crippen molar-refractivity contribution >= 4 is 5.91 Å². The van der Waals surface area contributed by atoms with Crippen molar-refractivity contribution in [2.45, 2.75) is 38.2 Å². The Morgan fingerprint density at radius 2 is 2.00 bits per heavy atom. The topological polar surface area (TPSA) is 64.5 Å². The van der Waals surface area contributed by atoms with Gasteiger partial charge in [0.25, 0.3) is 5.91 Å². The van der Waals surface area contributed by atoms with Gasteiger partial charge < -0.3 is 14.4 Å². The van der Waals surface area contributed by atoms with Gasteiger partial charge in [-0.2, -0.15) is 0 Å². The molecule has 3 rings (SSSR count). The Morgan fingerprint density at radius 3 is 2.68 bits per heavy atom. The molecule has 6 heteroatoms. The van der Waals surface area contributed by atoms with Crippen molar-refractivity contribution in [3.63, 3.8) is 0 Å². The number of hydrogen-bond donors (Lipinski definition) is 0. The van der Waals surface area contributed by atoms with E-state index in [0.717, 1.165) is 38.8 Å². The third kappa shape index (κ3) is 2.67. The number of piperidine rings is 1. The standard InChI is InChI=1S/C16H23N3O3/c1-21-13-5-3-6-16(13)7-4-8-19(11-16)14(20)12-9-17-15(22-2)18-10-12/h9-10,13H,3-8,11H2,1-2H3/t13-,16-/m1/s1. The molecular weight excluding hydrogens is 282 g/mol. The number of methoxy groups -OCH3 is 2. The van der Waals surface area contributed by atoms with Crippen LogP contribution in [0.5, 0.6) is 6.01 Å². The first kappa shape index (κ1) is 15.2. The molecule has 0 unspecified atom stereocenters. The summed E-state index contributed by atoms with van der Waals surface area (Å²) < 4.78 is 10.6. The summed E-state index contributed by atoms with van der Waals surface area (Å²) in [5, 5.41) is 0. The van der Waals surface area contributed by atoms with E-state index in [1.165, 1.54) is 25.9 Å². The molecule has 2 heterocycles. The maximum absolute atomic E-state index is 12.7. The van der Waals surface area contributed by atoms with Gasteiger partial charge in [0.15, 0.2) is 0 Å². The lowest BCUT2D eigenvalue weighted by Crippen LogP contribution is -2.49. The lowest BCUT2D eigenvalue weighted by Gasteiger charge is -2.43. The zero-order valence-corrected chi connectivity index (χ0v) is 13.2. The molecule has 0 radical (unpaired) electrons. The zero-order valence-electron chi connectivity index (χ0n) is 13.2. The summed E-state index contributed by atoms with van der Waals surface area (Å²) in [6.45, 7) is 1.57. The van der Waals surface area contributed by atoms with Crippen LogP contribution >= 0.6 is 0 Å². The molecule has 1 aliphatic carbocycles. The molecule has 1 aromatic heterocycles. The largest absolute Gasteiger partial charge is 0.467 e. The Balaban J connectivity index is 1.75. The van der Waals surface area contributed by atoms with Crippen LogP contribution in [-0.4, -0.2) is 54.2 Å². The lowest BCUT2D eigenvalue weighted by molar-refractivity contribution is -0.0295. The quantitative estimate of drug-likeness (QED) is 0.853. The number of carbonyl (C=O) groups is 1. The maximum Gasteiger partial charge on any atom is 0.316 e. The molecular formula is C16H23N3O3. The van der Waals surface area contributed by atoms with Gasteiger partial charge in [0.1, 0.15) is 0 Å². The molecule has 1 spiro atoms. The van der Waals surface area contributed by atoms with Crippen molar-refractivity contribution in [1.29, 1.82) is 0 Å². The van der Waals surface area contributed by atoms with E-state index >= 15 is 0 Å². The Kier molecular flexibility index (Phi) is 4.29. The minimum Gasteiger partial charge on any atom is -0.467 e. The highest BCUT2D eigenvalue weighted by Gasteiger charge is 2.46. The second-order valence-electron chi connectivity index (χ2n) is 6.27. The minimum absolute atomic E-state index is 0.00322. The van der Waals surface area contributed by atoms with Crippen LogP contribution in [0.15, 0.2) is 12.4 Å². The number of nitrogens with zero attached hydrogens (tertiary/aromatic N) is 3. The van der Waals surface area contributed by atoms with Crippen LogP contribution < -0.4 is 4.74 Å². The fraction of sp³-hybridized carbons (Fsp3) is 0.688. The van der Waals surface area contributed by atoms with Crippen molar-refractivity contribution in [3.05, 3.63) is 18.0 Å². The van der Waals surface area contributed by atoms with Crippen LogP contribution in [0, 0.1) is 5.41 Å². The van der Waals surface area contributed by atoms with E-state index in [1.54, 1.807) is 7.11 Å². The van der Waals surface area contributed by atoms with E-state index in [0.29, 0.717) is 5.56 Å². The molecule has 2 aliphatic rings. The molecule has 0 aromatic carbocycles. The van der Waals surface area contributed by atoms with Crippen molar-refractivity contribution in [2.24, 2.45) is 5.41 Å². The second kappa shape index (κ2) is 6.20. The number of rotatable bonds is 3. The van der Waals surface area contributed by atoms with Crippen LogP contribution in [0.25, 0.3) is 0 Å². The van der Waals surface area contributed by atoms with Crippen LogP contribution in [0.3, 0.4) is 0 Å². The van der Waals surface area contributed by atoms with Crippen molar-refractivity contribution in [3.8, 4) is 6.01 Å². The van der Waals surface area contributed by atoms with Crippen LogP contribution in [-0.2, 0) is 4.74 Å². The average molecular weight is 305 g/mol. The van der Waals surface area contributed by atoms with Gasteiger partial charge in [-0.3, -0.25) is 4.79 Å². The van der Waals surface area contributed by atoms with Crippen LogP contribution in [0.2, 0.25) is 0 Å². The molecule has 22 heavy (non-hydrogen) atoms. The first-order valence-corrected chi connectivity index (χ1v) is 7.87. The smallest absolute Gasteiger partial charge is 0.316 e. The molecule has 2 atom stereocenters. The van der Waals surface area contributed by atoms with E-state index in [-0.39, 0.29) is 23.4 Å². The molecule has 120 valence electrons. The average Bonchev–Trinajstić information content (AvgIpc) is 2.96. The number of likely N-dealkylation sites (tertiary alicyclic amines) is 1. The highest BCUT2D eigenvalue weighted by atomic mass is 16.5. The first-order valence-electron chi connectivity index (χ1n) is 7.87. The molecule has 1 aromatic rings. The Labute approximate surface area is 130 Å². The highest BCUT2D eigenvalue weighted by Crippen LogP contribution is 2.46. The van der Waals surface area contributed by atoms with E-state index < -0.39 is 0 Å². The normalized spacial score (nSPS) is 28.1. The van der Waals surface area contributed by atoms with Gasteiger partial charge in [-0.25, -0.2) is 9.97 Å². The molecule has 0 bridgehead atoms. The van der Waals surface area contributed by atoms with Crippen molar-refractivity contribution in [2.75, 3.05) is 27.3 Å². The molecule has 1 aliphatic heterocycles. The number of hydrogen-bond acceptors (Lipinski definition) is 5. The molecule has 6 nitrogen and oxygen atoms in total. The third-order valence-electron chi connectivity index (χ3n) is 5.06. The van der Waals surface area contributed by atoms with Crippen molar-refractivity contribution in [1.82, 2.24) is 14.9 Å². The van der Waals surface area contributed by atoms with Gasteiger partial charge in [-0.05, 0) is 25.7 Å². The minimum atomic E-state index is 0.00322. The van der Waals surface area contributed by atoms with E-state index in [1.807, 2.05) is 4.90 Å². The number of aromatic nitrogens is 2. The van der Waals surface area contributed by atoms with E-state index in [2.05, 4.69) is 9.97 Å². The van der Waals surface area contributed by atoms with Gasteiger partial charge in [-0.1, -0.05) is 6.42 Å². The summed E-state index contributed by atoms with van der Waals surface area (Å²) >= 11 is 0. The molecule has 1 amide bonds. The second-order valence-corrected chi connectivity index (χ2v) is 6.27. The summed E-state index contributed by atoms with van der Waals surface area (Å²) in [7, 11) is 3.30. The summed E-state index contributed by atoms with van der Waals surface area (Å²) in [5.74, 6) is 0.00322. The summed E-state index contributed by atoms with van der Waals surface area (Å²) in [4.78, 5) is 22.7. The zero-order chi connectivity index (χ0) is 15.6. The van der Waals surface area contributed by atoms with Crippen molar-refractivity contribution < 1.29 is 14.3 Å². The van der Waals surface area contributed by atoms with Crippen LogP contribution in [0.1, 0.15) is 42.5 Å². The number of ether oxygens (including phenoxy) is 2. The van der Waals surface area contributed by atoms with Gasteiger partial charge >= 0.3 is 6.01 Å². The van der Waals surface area contributed by atoms with Gasteiger partial charge in [0.2, 0.25) is 0 Å². The maximum atomic E-state index is 12.7. The van der Waals surface area contributed by atoms with Gasteiger partial charge in [0.05, 0.1) is 18.8 Å². The molecule has 1 saturated carbocycles. The highest BCUT2D eigenvalue weighted by molar-refractivity contribution is 5.93. The fourth-order valence-electron chi connectivity index (χ4n) is 3.99. The summed E-state index contributed by atoms with van der Waals surface area (Å²) in [6, 6.07) is 0.280. The predicted octanol–water partition coefficient (Wildman–Crippen LogP) is 1.91. The third-order valence-corrected chi connectivity index (χ3v) is 5.06. The summed E-state index contributed by atoms with van der Waals surface area (Å²) in [5.41, 5.74) is 0.653.